The predicted octanol–water partition coefficient (Wildman–Crippen LogP) is 2.02. The third-order valence-electron chi connectivity index (χ3n) is 2.15. The lowest BCUT2D eigenvalue weighted by Crippen LogP contribution is -2.16. The summed E-state index contributed by atoms with van der Waals surface area (Å²) in [6.45, 7) is 2.91. The van der Waals surface area contributed by atoms with Gasteiger partial charge in [-0.1, -0.05) is 0 Å². The van der Waals surface area contributed by atoms with Gasteiger partial charge in [-0.05, 0) is 19.4 Å². The van der Waals surface area contributed by atoms with Crippen molar-refractivity contribution >= 4 is 11.8 Å². The Bertz CT molecular complexity index is 350. The molecular weight excluding hydrogens is 196 g/mol. The van der Waals surface area contributed by atoms with Gasteiger partial charge in [-0.15, -0.1) is 0 Å². The van der Waals surface area contributed by atoms with Crippen molar-refractivity contribution in [1.29, 1.82) is 0 Å². The maximum atomic E-state index is 11.5. The second-order valence-electron chi connectivity index (χ2n) is 3.34. The minimum Gasteiger partial charge on any atom is -0.511 e. The van der Waals surface area contributed by atoms with Crippen LogP contribution >= 0.6 is 0 Å². The van der Waals surface area contributed by atoms with Crippen molar-refractivity contribution in [1.82, 2.24) is 0 Å². The van der Waals surface area contributed by atoms with Crippen LogP contribution in [0.3, 0.4) is 0 Å². The number of allylic oxidation sites excluding steroid dienone is 3. The summed E-state index contributed by atoms with van der Waals surface area (Å²) in [5, 5.41) is 9.58. The molecule has 0 aromatic carbocycles. The molecular formula is C11H14O4. The fourth-order valence-corrected chi connectivity index (χ4v) is 1.52. The Morgan fingerprint density at radius 2 is 2.13 bits per heavy atom. The summed E-state index contributed by atoms with van der Waals surface area (Å²) in [4.78, 5) is 22.3. The van der Waals surface area contributed by atoms with Crippen LogP contribution in [0, 0.1) is 0 Å². The smallest absolute Gasteiger partial charge is 0.308 e. The van der Waals surface area contributed by atoms with Crippen molar-refractivity contribution in [3.05, 3.63) is 23.2 Å². The number of Topliss-reactive ketones (excluding diaryl/α,β-unsaturated/α-hetero) is 1. The Labute approximate surface area is 88.2 Å². The number of hydrogen-bond acceptors (Lipinski definition) is 4. The fourth-order valence-electron chi connectivity index (χ4n) is 1.52. The van der Waals surface area contributed by atoms with Gasteiger partial charge in [0.15, 0.2) is 5.78 Å². The average molecular weight is 210 g/mol. The van der Waals surface area contributed by atoms with Gasteiger partial charge in [0.05, 0.1) is 5.57 Å². The first kappa shape index (κ1) is 11.5. The first-order valence-electron chi connectivity index (χ1n) is 4.86. The fraction of sp³-hybridized carbons (Fsp3) is 0.455. The molecule has 1 aliphatic carbocycles. The Hall–Kier alpha value is -1.58. The van der Waals surface area contributed by atoms with E-state index < -0.39 is 5.97 Å². The van der Waals surface area contributed by atoms with Gasteiger partial charge in [0, 0.05) is 19.8 Å². The highest BCUT2D eigenvalue weighted by molar-refractivity contribution is 6.00. The van der Waals surface area contributed by atoms with E-state index in [1.165, 1.54) is 13.0 Å². The van der Waals surface area contributed by atoms with E-state index in [1.807, 2.05) is 0 Å². The lowest BCUT2D eigenvalue weighted by atomic mass is 9.95. The molecule has 0 heterocycles. The SMILES string of the molecule is C/C=C(\OC(C)=O)C1=C(O)CCCC1=O. The number of ketones is 1. The van der Waals surface area contributed by atoms with Crippen LogP contribution < -0.4 is 0 Å². The zero-order valence-electron chi connectivity index (χ0n) is 8.87. The third kappa shape index (κ3) is 2.68. The number of esters is 1. The maximum absolute atomic E-state index is 11.5. The zero-order valence-corrected chi connectivity index (χ0v) is 8.87. The number of ether oxygens (including phenoxy) is 1. The average Bonchev–Trinajstić information content (AvgIpc) is 2.15. The zero-order chi connectivity index (χ0) is 11.4. The normalized spacial score (nSPS) is 18.0. The number of rotatable bonds is 2. The van der Waals surface area contributed by atoms with Crippen LogP contribution in [0.1, 0.15) is 33.1 Å². The van der Waals surface area contributed by atoms with Crippen molar-refractivity contribution in [2.24, 2.45) is 0 Å². The van der Waals surface area contributed by atoms with Crippen LogP contribution in [-0.4, -0.2) is 16.9 Å². The Morgan fingerprint density at radius 1 is 1.47 bits per heavy atom. The highest BCUT2D eigenvalue weighted by Crippen LogP contribution is 2.26. The predicted molar refractivity (Wildman–Crippen MR) is 54.0 cm³/mol. The van der Waals surface area contributed by atoms with Crippen LogP contribution in [0.15, 0.2) is 23.2 Å². The molecule has 0 atom stereocenters. The maximum Gasteiger partial charge on any atom is 0.308 e. The number of carbonyl (C=O) groups is 2. The lowest BCUT2D eigenvalue weighted by Gasteiger charge is -2.16. The highest BCUT2D eigenvalue weighted by Gasteiger charge is 2.25. The van der Waals surface area contributed by atoms with Gasteiger partial charge < -0.3 is 9.84 Å². The van der Waals surface area contributed by atoms with Crippen LogP contribution in [-0.2, 0) is 14.3 Å². The largest absolute Gasteiger partial charge is 0.511 e. The van der Waals surface area contributed by atoms with Crippen molar-refractivity contribution in [3.8, 4) is 0 Å². The third-order valence-corrected chi connectivity index (χ3v) is 2.15. The Kier molecular flexibility index (Phi) is 3.66. The van der Waals surface area contributed by atoms with Crippen LogP contribution in [0.5, 0.6) is 0 Å². The summed E-state index contributed by atoms with van der Waals surface area (Å²) < 4.78 is 4.86. The molecule has 82 valence electrons. The van der Waals surface area contributed by atoms with Crippen molar-refractivity contribution in [3.63, 3.8) is 0 Å². The second-order valence-corrected chi connectivity index (χ2v) is 3.34. The summed E-state index contributed by atoms with van der Waals surface area (Å²) in [5.41, 5.74) is 0.152. The highest BCUT2D eigenvalue weighted by atomic mass is 16.5. The summed E-state index contributed by atoms with van der Waals surface area (Å²) in [7, 11) is 0. The first-order valence-corrected chi connectivity index (χ1v) is 4.86. The number of aliphatic hydroxyl groups is 1. The molecule has 1 N–H and O–H groups in total. The molecule has 0 saturated heterocycles. The van der Waals surface area contributed by atoms with E-state index in [9.17, 15) is 14.7 Å². The molecule has 0 spiro atoms. The molecule has 1 aliphatic rings. The van der Waals surface area contributed by atoms with E-state index in [2.05, 4.69) is 0 Å². The lowest BCUT2D eigenvalue weighted by molar-refractivity contribution is -0.136. The molecule has 1 rings (SSSR count). The molecule has 0 saturated carbocycles. The first-order chi connectivity index (χ1) is 7.06. The summed E-state index contributed by atoms with van der Waals surface area (Å²) in [6, 6.07) is 0. The monoisotopic (exact) mass is 210 g/mol. The molecule has 0 bridgehead atoms. The molecule has 15 heavy (non-hydrogen) atoms. The molecule has 0 unspecified atom stereocenters. The van der Waals surface area contributed by atoms with Gasteiger partial charge in [0.1, 0.15) is 11.5 Å². The van der Waals surface area contributed by atoms with Crippen LogP contribution in [0.25, 0.3) is 0 Å². The van der Waals surface area contributed by atoms with Gasteiger partial charge in [-0.3, -0.25) is 9.59 Å². The summed E-state index contributed by atoms with van der Waals surface area (Å²) in [6.07, 6.45) is 3.00. The standard InChI is InChI=1S/C11H14O4/c1-3-10(15-7(2)12)11-8(13)5-4-6-9(11)14/h3,13H,4-6H2,1-2H3/b10-3-. The minimum absolute atomic E-state index is 0.0144. The van der Waals surface area contributed by atoms with Crippen molar-refractivity contribution in [2.75, 3.05) is 0 Å². The second kappa shape index (κ2) is 4.77. The Balaban J connectivity index is 3.02. The van der Waals surface area contributed by atoms with Crippen molar-refractivity contribution in [2.45, 2.75) is 33.1 Å². The Morgan fingerprint density at radius 3 is 2.60 bits per heavy atom. The number of carbonyl (C=O) groups excluding carboxylic acids is 2. The van der Waals surface area contributed by atoms with E-state index >= 15 is 0 Å². The van der Waals surface area contributed by atoms with Gasteiger partial charge in [0.2, 0.25) is 0 Å². The molecule has 0 fully saturated rings. The molecule has 4 heteroatoms. The van der Waals surface area contributed by atoms with Gasteiger partial charge in [0.25, 0.3) is 0 Å². The topological polar surface area (TPSA) is 63.6 Å². The molecule has 0 aromatic heterocycles. The molecule has 4 nitrogen and oxygen atoms in total. The van der Waals surface area contributed by atoms with Crippen molar-refractivity contribution < 1.29 is 19.4 Å². The van der Waals surface area contributed by atoms with Gasteiger partial charge in [-0.25, -0.2) is 0 Å². The van der Waals surface area contributed by atoms with E-state index in [-0.39, 0.29) is 22.9 Å². The van der Waals surface area contributed by atoms with Gasteiger partial charge in [-0.2, -0.15) is 0 Å². The molecule has 0 aliphatic heterocycles. The number of aliphatic hydroxyl groups excluding tert-OH is 1. The van der Waals surface area contributed by atoms with Gasteiger partial charge >= 0.3 is 5.97 Å². The van der Waals surface area contributed by atoms with E-state index in [0.717, 1.165) is 0 Å². The summed E-state index contributed by atoms with van der Waals surface area (Å²) in [5.74, 6) is -0.500. The molecule has 0 radical (unpaired) electrons. The number of hydrogen-bond donors (Lipinski definition) is 1. The minimum atomic E-state index is -0.498. The van der Waals surface area contributed by atoms with E-state index in [1.54, 1.807) is 6.92 Å². The molecule has 0 amide bonds. The van der Waals surface area contributed by atoms with E-state index in [0.29, 0.717) is 19.3 Å². The molecule has 0 aromatic rings. The van der Waals surface area contributed by atoms with Crippen LogP contribution in [0.4, 0.5) is 0 Å². The van der Waals surface area contributed by atoms with E-state index in [4.69, 9.17) is 4.74 Å². The quantitative estimate of drug-likeness (QED) is 0.559. The summed E-state index contributed by atoms with van der Waals surface area (Å²) >= 11 is 0. The van der Waals surface area contributed by atoms with Crippen LogP contribution in [0.2, 0.25) is 0 Å².